The lowest BCUT2D eigenvalue weighted by Gasteiger charge is -2.16. The van der Waals surface area contributed by atoms with Crippen LogP contribution < -0.4 is 20.5 Å². The number of nitrogens with one attached hydrogen (secondary N) is 1. The Bertz CT molecular complexity index is 437. The summed E-state index contributed by atoms with van der Waals surface area (Å²) in [6.07, 6.45) is 0. The van der Waals surface area contributed by atoms with E-state index in [2.05, 4.69) is 5.32 Å². The van der Waals surface area contributed by atoms with Crippen LogP contribution in [0.5, 0.6) is 11.5 Å². The van der Waals surface area contributed by atoms with Gasteiger partial charge in [0.2, 0.25) is 12.7 Å². The van der Waals surface area contributed by atoms with Crippen LogP contribution in [-0.2, 0) is 4.79 Å². The Hall–Kier alpha value is -1.46. The van der Waals surface area contributed by atoms with E-state index in [0.29, 0.717) is 5.75 Å². The molecule has 0 aliphatic carbocycles. The van der Waals surface area contributed by atoms with E-state index >= 15 is 0 Å². The zero-order valence-corrected chi connectivity index (χ0v) is 11.1. The van der Waals surface area contributed by atoms with Crippen LogP contribution >= 0.6 is 12.4 Å². The molecule has 3 N–H and O–H groups in total. The fourth-order valence-electron chi connectivity index (χ4n) is 1.61. The first-order valence-corrected chi connectivity index (χ1v) is 5.53. The van der Waals surface area contributed by atoms with Gasteiger partial charge in [0.25, 0.3) is 0 Å². The smallest absolute Gasteiger partial charge is 0.237 e. The lowest BCUT2D eigenvalue weighted by atomic mass is 10.1. The van der Waals surface area contributed by atoms with Crippen molar-refractivity contribution in [1.29, 1.82) is 0 Å². The lowest BCUT2D eigenvalue weighted by Crippen LogP contribution is -2.39. The van der Waals surface area contributed by atoms with Crippen LogP contribution in [0.25, 0.3) is 0 Å². The molecule has 1 heterocycles. The summed E-state index contributed by atoms with van der Waals surface area (Å²) in [5.74, 6) is 1.28. The van der Waals surface area contributed by atoms with Crippen LogP contribution in [0.15, 0.2) is 18.2 Å². The maximum absolute atomic E-state index is 11.5. The zero-order chi connectivity index (χ0) is 12.4. The van der Waals surface area contributed by atoms with Crippen molar-refractivity contribution in [2.45, 2.75) is 25.9 Å². The number of hydrogen-bond donors (Lipinski definition) is 2. The molecule has 2 rings (SSSR count). The molecule has 1 aromatic carbocycles. The average molecular weight is 273 g/mol. The molecule has 0 spiro atoms. The maximum atomic E-state index is 11.5. The third-order valence-corrected chi connectivity index (χ3v) is 2.67. The Morgan fingerprint density at radius 3 is 2.67 bits per heavy atom. The highest BCUT2D eigenvalue weighted by atomic mass is 35.5. The van der Waals surface area contributed by atoms with Gasteiger partial charge in [0.1, 0.15) is 0 Å². The molecule has 1 aromatic rings. The minimum Gasteiger partial charge on any atom is -0.454 e. The third-order valence-electron chi connectivity index (χ3n) is 2.67. The SMILES string of the molecule is CC(NC(=O)[C@H](C)N)c1ccc2c(c1)OCO2.Cl. The molecule has 0 bridgehead atoms. The molecule has 0 saturated carbocycles. The van der Waals surface area contributed by atoms with E-state index in [0.717, 1.165) is 11.3 Å². The molecule has 18 heavy (non-hydrogen) atoms. The molecule has 1 aliphatic heterocycles. The molecule has 0 fully saturated rings. The number of fused-ring (bicyclic) bond motifs is 1. The first-order valence-electron chi connectivity index (χ1n) is 5.53. The van der Waals surface area contributed by atoms with Gasteiger partial charge in [-0.05, 0) is 31.5 Å². The molecule has 100 valence electrons. The number of ether oxygens (including phenoxy) is 2. The summed E-state index contributed by atoms with van der Waals surface area (Å²) in [5, 5.41) is 2.83. The van der Waals surface area contributed by atoms with E-state index in [1.165, 1.54) is 0 Å². The van der Waals surface area contributed by atoms with Gasteiger partial charge in [0.15, 0.2) is 11.5 Å². The van der Waals surface area contributed by atoms with Gasteiger partial charge in [-0.2, -0.15) is 0 Å². The van der Waals surface area contributed by atoms with Gasteiger partial charge in [0.05, 0.1) is 12.1 Å². The number of carbonyl (C=O) groups excluding carboxylic acids is 1. The number of benzene rings is 1. The van der Waals surface area contributed by atoms with Gasteiger partial charge in [-0.25, -0.2) is 0 Å². The number of nitrogens with two attached hydrogens (primary N) is 1. The van der Waals surface area contributed by atoms with Crippen molar-refractivity contribution in [3.05, 3.63) is 23.8 Å². The predicted octanol–water partition coefficient (Wildman–Crippen LogP) is 1.36. The Morgan fingerprint density at radius 2 is 2.00 bits per heavy atom. The highest BCUT2D eigenvalue weighted by Gasteiger charge is 2.17. The van der Waals surface area contributed by atoms with E-state index in [4.69, 9.17) is 15.2 Å². The predicted molar refractivity (Wildman–Crippen MR) is 70.0 cm³/mol. The number of carbonyl (C=O) groups is 1. The Morgan fingerprint density at radius 1 is 1.33 bits per heavy atom. The van der Waals surface area contributed by atoms with E-state index in [9.17, 15) is 4.79 Å². The van der Waals surface area contributed by atoms with Crippen LogP contribution in [0.2, 0.25) is 0 Å². The van der Waals surface area contributed by atoms with Gasteiger partial charge in [-0.1, -0.05) is 6.07 Å². The number of amides is 1. The first-order chi connectivity index (χ1) is 8.08. The maximum Gasteiger partial charge on any atom is 0.237 e. The van der Waals surface area contributed by atoms with Gasteiger partial charge < -0.3 is 20.5 Å². The quantitative estimate of drug-likeness (QED) is 0.871. The van der Waals surface area contributed by atoms with Crippen LogP contribution in [0.1, 0.15) is 25.5 Å². The lowest BCUT2D eigenvalue weighted by molar-refractivity contribution is -0.122. The molecule has 0 radical (unpaired) electrons. The van der Waals surface area contributed by atoms with Crippen molar-refractivity contribution in [3.8, 4) is 11.5 Å². The Labute approximate surface area is 112 Å². The van der Waals surface area contributed by atoms with Gasteiger partial charge >= 0.3 is 0 Å². The second-order valence-electron chi connectivity index (χ2n) is 4.13. The summed E-state index contributed by atoms with van der Waals surface area (Å²) in [6, 6.07) is 5.00. The highest BCUT2D eigenvalue weighted by Crippen LogP contribution is 2.34. The van der Waals surface area contributed by atoms with Crippen molar-refractivity contribution < 1.29 is 14.3 Å². The van der Waals surface area contributed by atoms with Crippen molar-refractivity contribution in [1.82, 2.24) is 5.32 Å². The summed E-state index contributed by atoms with van der Waals surface area (Å²) >= 11 is 0. The first kappa shape index (κ1) is 14.6. The largest absolute Gasteiger partial charge is 0.454 e. The molecular weight excluding hydrogens is 256 g/mol. The normalized spacial score (nSPS) is 15.5. The molecule has 6 heteroatoms. The monoisotopic (exact) mass is 272 g/mol. The van der Waals surface area contributed by atoms with E-state index in [-0.39, 0.29) is 31.1 Å². The van der Waals surface area contributed by atoms with Crippen LogP contribution in [-0.4, -0.2) is 18.7 Å². The van der Waals surface area contributed by atoms with Gasteiger partial charge in [0, 0.05) is 0 Å². The molecule has 0 aromatic heterocycles. The second-order valence-corrected chi connectivity index (χ2v) is 4.13. The third kappa shape index (κ3) is 3.05. The number of rotatable bonds is 3. The van der Waals surface area contributed by atoms with Crippen LogP contribution in [0.3, 0.4) is 0 Å². The Kier molecular flexibility index (Phi) is 4.81. The molecule has 0 saturated heterocycles. The van der Waals surface area contributed by atoms with Crippen LogP contribution in [0.4, 0.5) is 0 Å². The molecule has 1 aliphatic rings. The highest BCUT2D eigenvalue weighted by molar-refractivity contribution is 5.85. The minimum atomic E-state index is -0.508. The molecular formula is C12H17ClN2O3. The summed E-state index contributed by atoms with van der Waals surface area (Å²) < 4.78 is 10.5. The Balaban J connectivity index is 0.00000162. The fraction of sp³-hybridized carbons (Fsp3) is 0.417. The fourth-order valence-corrected chi connectivity index (χ4v) is 1.61. The van der Waals surface area contributed by atoms with Crippen molar-refractivity contribution in [2.24, 2.45) is 5.73 Å². The van der Waals surface area contributed by atoms with E-state index in [1.54, 1.807) is 6.92 Å². The average Bonchev–Trinajstić information content (AvgIpc) is 2.75. The molecule has 1 amide bonds. The van der Waals surface area contributed by atoms with E-state index < -0.39 is 6.04 Å². The summed E-state index contributed by atoms with van der Waals surface area (Å²) in [6.45, 7) is 3.80. The van der Waals surface area contributed by atoms with Crippen molar-refractivity contribution >= 4 is 18.3 Å². The van der Waals surface area contributed by atoms with Gasteiger partial charge in [-0.15, -0.1) is 12.4 Å². The molecule has 5 nitrogen and oxygen atoms in total. The zero-order valence-electron chi connectivity index (χ0n) is 10.3. The van der Waals surface area contributed by atoms with Crippen LogP contribution in [0, 0.1) is 0 Å². The van der Waals surface area contributed by atoms with Crippen molar-refractivity contribution in [2.75, 3.05) is 6.79 Å². The summed E-state index contributed by atoms with van der Waals surface area (Å²) in [4.78, 5) is 11.5. The summed E-state index contributed by atoms with van der Waals surface area (Å²) in [5.41, 5.74) is 6.46. The van der Waals surface area contributed by atoms with E-state index in [1.807, 2.05) is 25.1 Å². The number of hydrogen-bond acceptors (Lipinski definition) is 4. The second kappa shape index (κ2) is 5.93. The van der Waals surface area contributed by atoms with Crippen molar-refractivity contribution in [3.63, 3.8) is 0 Å². The topological polar surface area (TPSA) is 73.6 Å². The standard InChI is InChI=1S/C12H16N2O3.ClH/c1-7(13)12(15)14-8(2)9-3-4-10-11(5-9)17-6-16-10;/h3-5,7-8H,6,13H2,1-2H3,(H,14,15);1H/t7-,8?;/m0./s1. The molecule has 2 atom stereocenters. The number of halogens is 1. The summed E-state index contributed by atoms with van der Waals surface area (Å²) in [7, 11) is 0. The minimum absolute atomic E-state index is 0. The molecule has 1 unspecified atom stereocenters. The van der Waals surface area contributed by atoms with Gasteiger partial charge in [-0.3, -0.25) is 4.79 Å².